The van der Waals surface area contributed by atoms with Crippen LogP contribution in [0.3, 0.4) is 0 Å². The lowest BCUT2D eigenvalue weighted by molar-refractivity contribution is 0.133. The monoisotopic (exact) mass is 263 g/mol. The number of H-pyrrole nitrogens is 1. The molecule has 0 unspecified atom stereocenters. The van der Waals surface area contributed by atoms with Gasteiger partial charge in [-0.1, -0.05) is 6.07 Å². The van der Waals surface area contributed by atoms with Crippen LogP contribution in [-0.2, 0) is 0 Å². The summed E-state index contributed by atoms with van der Waals surface area (Å²) in [6, 6.07) is 3.02. The molecule has 19 heavy (non-hydrogen) atoms. The minimum Gasteiger partial charge on any atom is -0.387 e. The minimum atomic E-state index is -0.650. The standard InChI is InChI=1S/C14H18FN3O/c1-14(2)6-5-11(17-14)13(19)8-3-4-10(15)12-9(8)7-16-18-12/h3-4,7,11,13,17,19H,5-6H2,1-2H3,(H,16,18)/t11-,13+/m0/s1. The van der Waals surface area contributed by atoms with Crippen molar-refractivity contribution in [3.05, 3.63) is 29.7 Å². The molecule has 2 atom stereocenters. The Morgan fingerprint density at radius 3 is 2.95 bits per heavy atom. The molecule has 3 rings (SSSR count). The van der Waals surface area contributed by atoms with E-state index in [1.54, 1.807) is 12.3 Å². The van der Waals surface area contributed by atoms with Gasteiger partial charge in [-0.3, -0.25) is 5.10 Å². The zero-order valence-corrected chi connectivity index (χ0v) is 11.1. The Morgan fingerprint density at radius 2 is 2.26 bits per heavy atom. The number of aromatic amines is 1. The fraction of sp³-hybridized carbons (Fsp3) is 0.500. The number of fused-ring (bicyclic) bond motifs is 1. The topological polar surface area (TPSA) is 60.9 Å². The summed E-state index contributed by atoms with van der Waals surface area (Å²) >= 11 is 0. The van der Waals surface area contributed by atoms with Gasteiger partial charge in [0.05, 0.1) is 12.3 Å². The molecule has 0 aliphatic carbocycles. The first-order chi connectivity index (χ1) is 8.98. The summed E-state index contributed by atoms with van der Waals surface area (Å²) in [5.41, 5.74) is 1.12. The van der Waals surface area contributed by atoms with Crippen molar-refractivity contribution in [1.82, 2.24) is 15.5 Å². The third kappa shape index (κ3) is 2.13. The first kappa shape index (κ1) is 12.6. The number of nitrogens with zero attached hydrogens (tertiary/aromatic N) is 1. The molecule has 1 aromatic heterocycles. The number of rotatable bonds is 2. The average molecular weight is 263 g/mol. The molecule has 1 aliphatic rings. The van der Waals surface area contributed by atoms with Crippen LogP contribution in [-0.4, -0.2) is 26.9 Å². The summed E-state index contributed by atoms with van der Waals surface area (Å²) in [5, 5.41) is 21.1. The molecule has 0 bridgehead atoms. The Labute approximate surface area is 111 Å². The van der Waals surface area contributed by atoms with Crippen molar-refractivity contribution in [3.63, 3.8) is 0 Å². The number of aromatic nitrogens is 2. The van der Waals surface area contributed by atoms with E-state index >= 15 is 0 Å². The van der Waals surface area contributed by atoms with Gasteiger partial charge in [0, 0.05) is 17.0 Å². The molecule has 1 fully saturated rings. The van der Waals surface area contributed by atoms with Gasteiger partial charge in [-0.15, -0.1) is 0 Å². The number of hydrogen-bond donors (Lipinski definition) is 3. The van der Waals surface area contributed by atoms with E-state index in [0.29, 0.717) is 10.9 Å². The lowest BCUT2D eigenvalue weighted by Gasteiger charge is -2.24. The van der Waals surface area contributed by atoms with Crippen LogP contribution in [0.5, 0.6) is 0 Å². The molecule has 1 saturated heterocycles. The second kappa shape index (κ2) is 4.28. The highest BCUT2D eigenvalue weighted by Gasteiger charge is 2.35. The summed E-state index contributed by atoms with van der Waals surface area (Å²) in [6.45, 7) is 4.25. The molecule has 0 spiro atoms. The van der Waals surface area contributed by atoms with Crippen molar-refractivity contribution in [3.8, 4) is 0 Å². The lowest BCUT2D eigenvalue weighted by atomic mass is 9.97. The quantitative estimate of drug-likeness (QED) is 0.779. The SMILES string of the molecule is CC1(C)CC[C@@H]([C@H](O)c2ccc(F)c3[nH]ncc23)N1. The molecule has 2 heterocycles. The Bertz CT molecular complexity index is 608. The summed E-state index contributed by atoms with van der Waals surface area (Å²) in [4.78, 5) is 0. The highest BCUT2D eigenvalue weighted by atomic mass is 19.1. The number of aliphatic hydroxyl groups is 1. The predicted octanol–water partition coefficient (Wildman–Crippen LogP) is 2.27. The maximum Gasteiger partial charge on any atom is 0.148 e. The molecule has 5 heteroatoms. The molecule has 2 aromatic rings. The Hall–Kier alpha value is -1.46. The Balaban J connectivity index is 1.96. The van der Waals surface area contributed by atoms with Crippen molar-refractivity contribution in [2.75, 3.05) is 0 Å². The maximum atomic E-state index is 13.6. The third-order valence-corrected chi connectivity index (χ3v) is 3.95. The van der Waals surface area contributed by atoms with Crippen molar-refractivity contribution in [2.24, 2.45) is 0 Å². The minimum absolute atomic E-state index is 0.00133. The zero-order chi connectivity index (χ0) is 13.6. The molecule has 4 nitrogen and oxygen atoms in total. The van der Waals surface area contributed by atoms with Gasteiger partial charge in [0.2, 0.25) is 0 Å². The summed E-state index contributed by atoms with van der Waals surface area (Å²) < 4.78 is 13.6. The normalized spacial score (nSPS) is 23.9. The zero-order valence-electron chi connectivity index (χ0n) is 11.1. The van der Waals surface area contributed by atoms with Crippen LogP contribution in [0, 0.1) is 5.82 Å². The first-order valence-electron chi connectivity index (χ1n) is 6.55. The van der Waals surface area contributed by atoms with E-state index < -0.39 is 6.10 Å². The molecule has 102 valence electrons. The van der Waals surface area contributed by atoms with Crippen LogP contribution in [0.15, 0.2) is 18.3 Å². The lowest BCUT2D eigenvalue weighted by Crippen LogP contribution is -2.40. The van der Waals surface area contributed by atoms with E-state index in [-0.39, 0.29) is 17.4 Å². The van der Waals surface area contributed by atoms with Crippen LogP contribution < -0.4 is 5.32 Å². The maximum absolute atomic E-state index is 13.6. The Morgan fingerprint density at radius 1 is 1.47 bits per heavy atom. The van der Waals surface area contributed by atoms with E-state index in [2.05, 4.69) is 29.4 Å². The van der Waals surface area contributed by atoms with Gasteiger partial charge in [-0.25, -0.2) is 4.39 Å². The number of nitrogens with one attached hydrogen (secondary N) is 2. The van der Waals surface area contributed by atoms with E-state index in [1.165, 1.54) is 6.07 Å². The van der Waals surface area contributed by atoms with E-state index in [0.717, 1.165) is 18.4 Å². The van der Waals surface area contributed by atoms with Gasteiger partial charge in [0.25, 0.3) is 0 Å². The van der Waals surface area contributed by atoms with E-state index in [9.17, 15) is 9.50 Å². The van der Waals surface area contributed by atoms with Crippen molar-refractivity contribution in [2.45, 2.75) is 44.4 Å². The smallest absolute Gasteiger partial charge is 0.148 e. The van der Waals surface area contributed by atoms with Gasteiger partial charge in [-0.05, 0) is 38.3 Å². The largest absolute Gasteiger partial charge is 0.387 e. The molecular formula is C14H18FN3O. The van der Waals surface area contributed by atoms with Crippen LogP contribution in [0.2, 0.25) is 0 Å². The molecule has 1 aliphatic heterocycles. The summed E-state index contributed by atoms with van der Waals surface area (Å²) in [6.07, 6.45) is 2.84. The third-order valence-electron chi connectivity index (χ3n) is 3.95. The van der Waals surface area contributed by atoms with Crippen LogP contribution >= 0.6 is 0 Å². The molecule has 0 radical (unpaired) electrons. The van der Waals surface area contributed by atoms with Gasteiger partial charge in [0.15, 0.2) is 0 Å². The number of halogens is 1. The fourth-order valence-corrected chi connectivity index (χ4v) is 2.90. The van der Waals surface area contributed by atoms with Crippen LogP contribution in [0.4, 0.5) is 4.39 Å². The molecular weight excluding hydrogens is 245 g/mol. The average Bonchev–Trinajstić information content (AvgIpc) is 2.96. The molecule has 1 aromatic carbocycles. The second-order valence-corrected chi connectivity index (χ2v) is 5.91. The van der Waals surface area contributed by atoms with Gasteiger partial charge < -0.3 is 10.4 Å². The van der Waals surface area contributed by atoms with Crippen molar-refractivity contribution in [1.29, 1.82) is 0 Å². The van der Waals surface area contributed by atoms with Crippen LogP contribution in [0.1, 0.15) is 38.4 Å². The van der Waals surface area contributed by atoms with Crippen molar-refractivity contribution < 1.29 is 9.50 Å². The van der Waals surface area contributed by atoms with Gasteiger partial charge in [0.1, 0.15) is 11.3 Å². The Kier molecular flexibility index (Phi) is 2.83. The summed E-state index contributed by atoms with van der Waals surface area (Å²) in [7, 11) is 0. The summed E-state index contributed by atoms with van der Waals surface area (Å²) in [5.74, 6) is -0.344. The molecule has 0 amide bonds. The van der Waals surface area contributed by atoms with Gasteiger partial charge in [-0.2, -0.15) is 5.10 Å². The number of hydrogen-bond acceptors (Lipinski definition) is 3. The number of benzene rings is 1. The van der Waals surface area contributed by atoms with E-state index in [1.807, 2.05) is 0 Å². The highest BCUT2D eigenvalue weighted by molar-refractivity contribution is 5.82. The molecule has 0 saturated carbocycles. The van der Waals surface area contributed by atoms with Crippen LogP contribution in [0.25, 0.3) is 10.9 Å². The van der Waals surface area contributed by atoms with Gasteiger partial charge >= 0.3 is 0 Å². The van der Waals surface area contributed by atoms with E-state index in [4.69, 9.17) is 0 Å². The van der Waals surface area contributed by atoms with Crippen molar-refractivity contribution >= 4 is 10.9 Å². The first-order valence-corrected chi connectivity index (χ1v) is 6.55. The fourth-order valence-electron chi connectivity index (χ4n) is 2.90. The second-order valence-electron chi connectivity index (χ2n) is 5.91. The predicted molar refractivity (Wildman–Crippen MR) is 71.2 cm³/mol. The number of aliphatic hydroxyl groups excluding tert-OH is 1. The molecule has 3 N–H and O–H groups in total. The highest BCUT2D eigenvalue weighted by Crippen LogP contribution is 2.33.